The molecule has 0 aliphatic carbocycles. The molecule has 18 heavy (non-hydrogen) atoms. The molecule has 1 heterocycles. The van der Waals surface area contributed by atoms with Gasteiger partial charge >= 0.3 is 0 Å². The topological polar surface area (TPSA) is 33.7 Å². The van der Waals surface area contributed by atoms with Crippen LogP contribution in [0.25, 0.3) is 0 Å². The summed E-state index contributed by atoms with van der Waals surface area (Å²) >= 11 is 0. The normalized spacial score (nSPS) is 23.6. The van der Waals surface area contributed by atoms with E-state index in [9.17, 15) is 0 Å². The molecule has 4 heteroatoms. The molecule has 1 aliphatic heterocycles. The summed E-state index contributed by atoms with van der Waals surface area (Å²) < 4.78 is 11.4. The molecule has 1 aromatic carbocycles. The maximum Gasteiger partial charge on any atom is 0.119 e. The van der Waals surface area contributed by atoms with Crippen molar-refractivity contribution in [3.63, 3.8) is 0 Å². The molecule has 0 amide bonds. The largest absolute Gasteiger partial charge is 0.491 e. The fourth-order valence-electron chi connectivity index (χ4n) is 2.02. The number of nitrogens with one attached hydrogen (secondary N) is 1. The Morgan fingerprint density at radius 3 is 2.94 bits per heavy atom. The lowest BCUT2D eigenvalue weighted by molar-refractivity contribution is -0.00937. The standard InChI is InChI=1S/C14H22N2O2/c1-14(9-15-11-18-14)10-17-13-6-4-5-12(7-13)8-16(2)3/h4-7,15H,8-11H2,1-3H3. The highest BCUT2D eigenvalue weighted by Crippen LogP contribution is 2.19. The molecule has 1 fully saturated rings. The van der Waals surface area contributed by atoms with Crippen molar-refractivity contribution in [1.82, 2.24) is 10.2 Å². The summed E-state index contributed by atoms with van der Waals surface area (Å²) in [6.45, 7) is 5.01. The Hall–Kier alpha value is -1.10. The molecular formula is C14H22N2O2. The Bertz CT molecular complexity index is 387. The van der Waals surface area contributed by atoms with Gasteiger partial charge in [0.05, 0.1) is 6.73 Å². The molecule has 1 aromatic rings. The number of rotatable bonds is 5. The second-order valence-electron chi connectivity index (χ2n) is 5.34. The minimum Gasteiger partial charge on any atom is -0.491 e. The molecule has 0 aromatic heterocycles. The summed E-state index contributed by atoms with van der Waals surface area (Å²) in [4.78, 5) is 2.14. The number of hydrogen-bond acceptors (Lipinski definition) is 4. The summed E-state index contributed by atoms with van der Waals surface area (Å²) in [5, 5.41) is 3.18. The first-order valence-electron chi connectivity index (χ1n) is 6.29. The Balaban J connectivity index is 1.92. The van der Waals surface area contributed by atoms with Crippen LogP contribution < -0.4 is 10.1 Å². The van der Waals surface area contributed by atoms with E-state index < -0.39 is 0 Å². The van der Waals surface area contributed by atoms with Crippen LogP contribution in [-0.4, -0.2) is 44.5 Å². The molecule has 0 radical (unpaired) electrons. The molecule has 0 spiro atoms. The third-order valence-electron chi connectivity index (χ3n) is 2.96. The maximum absolute atomic E-state index is 5.83. The van der Waals surface area contributed by atoms with Gasteiger partial charge in [0.2, 0.25) is 0 Å². The Morgan fingerprint density at radius 1 is 1.44 bits per heavy atom. The van der Waals surface area contributed by atoms with Gasteiger partial charge in [-0.3, -0.25) is 5.32 Å². The van der Waals surface area contributed by atoms with Crippen LogP contribution in [-0.2, 0) is 11.3 Å². The molecule has 2 rings (SSSR count). The zero-order valence-electron chi connectivity index (χ0n) is 11.4. The SMILES string of the molecule is CN(C)Cc1cccc(OCC2(C)CNCO2)c1. The number of nitrogens with zero attached hydrogens (tertiary/aromatic N) is 1. The Morgan fingerprint density at radius 2 is 2.28 bits per heavy atom. The van der Waals surface area contributed by atoms with E-state index in [0.29, 0.717) is 13.3 Å². The van der Waals surface area contributed by atoms with Crippen molar-refractivity contribution in [3.8, 4) is 5.75 Å². The minimum atomic E-state index is -0.211. The van der Waals surface area contributed by atoms with Crippen LogP contribution in [0.4, 0.5) is 0 Å². The van der Waals surface area contributed by atoms with Gasteiger partial charge in [0.15, 0.2) is 0 Å². The first-order valence-corrected chi connectivity index (χ1v) is 6.29. The van der Waals surface area contributed by atoms with Crippen molar-refractivity contribution in [3.05, 3.63) is 29.8 Å². The summed E-state index contributed by atoms with van der Waals surface area (Å²) in [6.07, 6.45) is 0. The zero-order valence-corrected chi connectivity index (χ0v) is 11.4. The van der Waals surface area contributed by atoms with Gasteiger partial charge < -0.3 is 14.4 Å². The molecule has 1 unspecified atom stereocenters. The highest BCUT2D eigenvalue weighted by Gasteiger charge is 2.30. The second-order valence-corrected chi connectivity index (χ2v) is 5.34. The smallest absolute Gasteiger partial charge is 0.119 e. The lowest BCUT2D eigenvalue weighted by atomic mass is 10.1. The molecule has 0 bridgehead atoms. The Kier molecular flexibility index (Phi) is 4.22. The van der Waals surface area contributed by atoms with E-state index in [1.807, 2.05) is 12.1 Å². The molecule has 4 nitrogen and oxygen atoms in total. The molecule has 1 aliphatic rings. The second kappa shape index (κ2) is 5.69. The van der Waals surface area contributed by atoms with Crippen LogP contribution in [0.15, 0.2) is 24.3 Å². The van der Waals surface area contributed by atoms with E-state index >= 15 is 0 Å². The van der Waals surface area contributed by atoms with E-state index in [-0.39, 0.29) is 5.60 Å². The van der Waals surface area contributed by atoms with Crippen LogP contribution in [0.3, 0.4) is 0 Å². The quantitative estimate of drug-likeness (QED) is 0.858. The van der Waals surface area contributed by atoms with E-state index in [1.165, 1.54) is 5.56 Å². The summed E-state index contributed by atoms with van der Waals surface area (Å²) in [5.74, 6) is 0.908. The monoisotopic (exact) mass is 250 g/mol. The first-order chi connectivity index (χ1) is 8.57. The van der Waals surface area contributed by atoms with Gasteiger partial charge in [-0.2, -0.15) is 0 Å². The van der Waals surface area contributed by atoms with Crippen molar-refractivity contribution < 1.29 is 9.47 Å². The van der Waals surface area contributed by atoms with E-state index in [0.717, 1.165) is 18.8 Å². The van der Waals surface area contributed by atoms with Crippen LogP contribution >= 0.6 is 0 Å². The van der Waals surface area contributed by atoms with Gasteiger partial charge in [-0.05, 0) is 38.7 Å². The van der Waals surface area contributed by atoms with Crippen LogP contribution in [0.5, 0.6) is 5.75 Å². The van der Waals surface area contributed by atoms with E-state index in [1.54, 1.807) is 0 Å². The molecule has 1 saturated heterocycles. The predicted octanol–water partition coefficient (Wildman–Crippen LogP) is 1.46. The Labute approximate surface area is 109 Å². The average Bonchev–Trinajstić information content (AvgIpc) is 2.74. The van der Waals surface area contributed by atoms with E-state index in [2.05, 4.69) is 43.4 Å². The third kappa shape index (κ3) is 3.70. The average molecular weight is 250 g/mol. The van der Waals surface area contributed by atoms with Gasteiger partial charge in [0, 0.05) is 13.1 Å². The number of ether oxygens (including phenoxy) is 2. The minimum absolute atomic E-state index is 0.211. The lowest BCUT2D eigenvalue weighted by Crippen LogP contribution is -2.36. The fraction of sp³-hybridized carbons (Fsp3) is 0.571. The molecule has 0 saturated carbocycles. The predicted molar refractivity (Wildman–Crippen MR) is 71.7 cm³/mol. The highest BCUT2D eigenvalue weighted by molar-refractivity contribution is 5.28. The van der Waals surface area contributed by atoms with Crippen molar-refractivity contribution in [2.24, 2.45) is 0 Å². The lowest BCUT2D eigenvalue weighted by Gasteiger charge is -2.22. The summed E-state index contributed by atoms with van der Waals surface area (Å²) in [7, 11) is 4.12. The number of hydrogen-bond donors (Lipinski definition) is 1. The van der Waals surface area contributed by atoms with Gasteiger partial charge in [0.25, 0.3) is 0 Å². The van der Waals surface area contributed by atoms with E-state index in [4.69, 9.17) is 9.47 Å². The first kappa shape index (κ1) is 13.3. The highest BCUT2D eigenvalue weighted by atomic mass is 16.6. The molecule has 1 atom stereocenters. The fourth-order valence-corrected chi connectivity index (χ4v) is 2.02. The maximum atomic E-state index is 5.83. The summed E-state index contributed by atoms with van der Waals surface area (Å²) in [6, 6.07) is 8.23. The zero-order chi connectivity index (χ0) is 13.0. The molecular weight excluding hydrogens is 228 g/mol. The number of benzene rings is 1. The van der Waals surface area contributed by atoms with Crippen molar-refractivity contribution in [2.75, 3.05) is 34.0 Å². The molecule has 100 valence electrons. The molecule has 1 N–H and O–H groups in total. The van der Waals surface area contributed by atoms with Gasteiger partial charge in [-0.15, -0.1) is 0 Å². The van der Waals surface area contributed by atoms with Crippen LogP contribution in [0.2, 0.25) is 0 Å². The van der Waals surface area contributed by atoms with Crippen LogP contribution in [0.1, 0.15) is 12.5 Å². The van der Waals surface area contributed by atoms with Crippen molar-refractivity contribution in [2.45, 2.75) is 19.1 Å². The van der Waals surface area contributed by atoms with Gasteiger partial charge in [0.1, 0.15) is 18.0 Å². The third-order valence-corrected chi connectivity index (χ3v) is 2.96. The van der Waals surface area contributed by atoms with Crippen molar-refractivity contribution in [1.29, 1.82) is 0 Å². The van der Waals surface area contributed by atoms with Crippen LogP contribution in [0, 0.1) is 0 Å². The van der Waals surface area contributed by atoms with Gasteiger partial charge in [-0.25, -0.2) is 0 Å². The van der Waals surface area contributed by atoms with Crippen molar-refractivity contribution >= 4 is 0 Å². The van der Waals surface area contributed by atoms with Gasteiger partial charge in [-0.1, -0.05) is 12.1 Å². The summed E-state index contributed by atoms with van der Waals surface area (Å²) in [5.41, 5.74) is 1.05.